The molecule has 0 aliphatic rings. The van der Waals surface area contributed by atoms with Gasteiger partial charge in [-0.25, -0.2) is 8.42 Å². The highest BCUT2D eigenvalue weighted by atomic mass is 32.2. The van der Waals surface area contributed by atoms with Gasteiger partial charge in [-0.3, -0.25) is 4.79 Å². The number of sulfone groups is 1. The molecule has 112 valence electrons. The summed E-state index contributed by atoms with van der Waals surface area (Å²) in [6.07, 6.45) is 1.25. The SMILES string of the molecule is CC(=O)Nc1ccc(CNCC(C)(C)S(C)(=O)=O)cc1. The van der Waals surface area contributed by atoms with E-state index < -0.39 is 14.6 Å². The fraction of sp³-hybridized carbons (Fsp3) is 0.500. The van der Waals surface area contributed by atoms with Crippen molar-refractivity contribution in [1.82, 2.24) is 5.32 Å². The minimum Gasteiger partial charge on any atom is -0.326 e. The molecule has 1 aromatic rings. The van der Waals surface area contributed by atoms with Gasteiger partial charge in [0, 0.05) is 32.0 Å². The molecule has 0 fully saturated rings. The van der Waals surface area contributed by atoms with Crippen molar-refractivity contribution in [1.29, 1.82) is 0 Å². The van der Waals surface area contributed by atoms with Crippen LogP contribution < -0.4 is 10.6 Å². The molecule has 0 aromatic heterocycles. The van der Waals surface area contributed by atoms with E-state index in [1.807, 2.05) is 24.3 Å². The molecule has 1 aromatic carbocycles. The van der Waals surface area contributed by atoms with Gasteiger partial charge in [-0.15, -0.1) is 0 Å². The monoisotopic (exact) mass is 298 g/mol. The molecule has 0 saturated carbocycles. The molecule has 0 bridgehead atoms. The number of rotatable bonds is 6. The zero-order chi connectivity index (χ0) is 15.4. The zero-order valence-corrected chi connectivity index (χ0v) is 13.2. The summed E-state index contributed by atoms with van der Waals surface area (Å²) in [5.41, 5.74) is 1.78. The fourth-order valence-electron chi connectivity index (χ4n) is 1.55. The third kappa shape index (κ3) is 4.94. The van der Waals surface area contributed by atoms with Gasteiger partial charge in [0.05, 0.1) is 4.75 Å². The molecular weight excluding hydrogens is 276 g/mol. The summed E-state index contributed by atoms with van der Waals surface area (Å²) in [7, 11) is -3.09. The van der Waals surface area contributed by atoms with Crippen LogP contribution >= 0.6 is 0 Å². The minimum atomic E-state index is -3.09. The highest BCUT2D eigenvalue weighted by molar-refractivity contribution is 7.92. The van der Waals surface area contributed by atoms with Crippen LogP contribution in [0.3, 0.4) is 0 Å². The first-order valence-corrected chi connectivity index (χ1v) is 8.28. The van der Waals surface area contributed by atoms with E-state index in [-0.39, 0.29) is 5.91 Å². The molecule has 0 aliphatic heterocycles. The van der Waals surface area contributed by atoms with Gasteiger partial charge in [0.25, 0.3) is 0 Å². The summed E-state index contributed by atoms with van der Waals surface area (Å²) in [6, 6.07) is 7.43. The third-order valence-electron chi connectivity index (χ3n) is 3.16. The molecule has 20 heavy (non-hydrogen) atoms. The van der Waals surface area contributed by atoms with Gasteiger partial charge >= 0.3 is 0 Å². The summed E-state index contributed by atoms with van der Waals surface area (Å²) in [5, 5.41) is 5.84. The van der Waals surface area contributed by atoms with Gasteiger partial charge in [0.15, 0.2) is 9.84 Å². The Morgan fingerprint density at radius 3 is 2.20 bits per heavy atom. The van der Waals surface area contributed by atoms with Crippen LogP contribution in [0, 0.1) is 0 Å². The van der Waals surface area contributed by atoms with Crippen LogP contribution in [-0.4, -0.2) is 31.9 Å². The quantitative estimate of drug-likeness (QED) is 0.835. The van der Waals surface area contributed by atoms with Crippen molar-refractivity contribution in [3.05, 3.63) is 29.8 Å². The number of nitrogens with one attached hydrogen (secondary N) is 2. The van der Waals surface area contributed by atoms with Gasteiger partial charge in [-0.2, -0.15) is 0 Å². The molecule has 6 heteroatoms. The second-order valence-corrected chi connectivity index (χ2v) is 8.16. The van der Waals surface area contributed by atoms with Crippen LogP contribution in [0.4, 0.5) is 5.69 Å². The first kappa shape index (κ1) is 16.7. The molecule has 1 amide bonds. The van der Waals surface area contributed by atoms with Crippen molar-refractivity contribution in [2.24, 2.45) is 0 Å². The number of carbonyl (C=O) groups is 1. The molecule has 0 unspecified atom stereocenters. The average molecular weight is 298 g/mol. The Kier molecular flexibility index (Phi) is 5.30. The molecule has 1 rings (SSSR count). The van der Waals surface area contributed by atoms with Crippen LogP contribution in [-0.2, 0) is 21.2 Å². The number of hydrogen-bond acceptors (Lipinski definition) is 4. The lowest BCUT2D eigenvalue weighted by Gasteiger charge is -2.22. The summed E-state index contributed by atoms with van der Waals surface area (Å²) in [4.78, 5) is 10.9. The summed E-state index contributed by atoms with van der Waals surface area (Å²) < 4.78 is 22.3. The van der Waals surface area contributed by atoms with Crippen LogP contribution in [0.1, 0.15) is 26.3 Å². The summed E-state index contributed by atoms with van der Waals surface area (Å²) in [5.74, 6) is -0.106. The Balaban J connectivity index is 2.53. The van der Waals surface area contributed by atoms with Gasteiger partial charge in [-0.05, 0) is 31.5 Å². The number of anilines is 1. The fourth-order valence-corrected chi connectivity index (χ4v) is 1.91. The predicted octanol–water partition coefficient (Wildman–Crippen LogP) is 1.56. The molecular formula is C14H22N2O3S. The second-order valence-electron chi connectivity index (χ2n) is 5.51. The summed E-state index contributed by atoms with van der Waals surface area (Å²) >= 11 is 0. The van der Waals surface area contributed by atoms with E-state index in [1.165, 1.54) is 13.2 Å². The van der Waals surface area contributed by atoms with Gasteiger partial charge in [-0.1, -0.05) is 12.1 Å². The Bertz CT molecular complexity index is 563. The predicted molar refractivity (Wildman–Crippen MR) is 81.4 cm³/mol. The minimum absolute atomic E-state index is 0.106. The van der Waals surface area contributed by atoms with E-state index in [4.69, 9.17) is 0 Å². The van der Waals surface area contributed by atoms with E-state index in [9.17, 15) is 13.2 Å². The molecule has 0 heterocycles. The van der Waals surface area contributed by atoms with Gasteiger partial charge in [0.2, 0.25) is 5.91 Å². The third-order valence-corrected chi connectivity index (χ3v) is 5.31. The van der Waals surface area contributed by atoms with E-state index in [0.29, 0.717) is 13.1 Å². The Morgan fingerprint density at radius 2 is 1.75 bits per heavy atom. The number of amides is 1. The van der Waals surface area contributed by atoms with Crippen molar-refractivity contribution in [3.8, 4) is 0 Å². The van der Waals surface area contributed by atoms with Crippen LogP contribution in [0.5, 0.6) is 0 Å². The van der Waals surface area contributed by atoms with Crippen LogP contribution in [0.25, 0.3) is 0 Å². The molecule has 2 N–H and O–H groups in total. The van der Waals surface area contributed by atoms with E-state index in [1.54, 1.807) is 13.8 Å². The van der Waals surface area contributed by atoms with Crippen LogP contribution in [0.2, 0.25) is 0 Å². The van der Waals surface area contributed by atoms with Gasteiger partial charge in [0.1, 0.15) is 0 Å². The molecule has 0 aliphatic carbocycles. The Hall–Kier alpha value is -1.40. The molecule has 0 atom stereocenters. The largest absolute Gasteiger partial charge is 0.326 e. The standard InChI is InChI=1S/C14H22N2O3S/c1-11(17)16-13-7-5-12(6-8-13)9-15-10-14(2,3)20(4,18)19/h5-8,15H,9-10H2,1-4H3,(H,16,17). The maximum absolute atomic E-state index is 11.6. The lowest BCUT2D eigenvalue weighted by Crippen LogP contribution is -2.41. The maximum atomic E-state index is 11.6. The molecule has 0 radical (unpaired) electrons. The Labute approximate surface area is 120 Å². The normalized spacial score (nSPS) is 12.2. The number of carbonyl (C=O) groups excluding carboxylic acids is 1. The van der Waals surface area contributed by atoms with E-state index >= 15 is 0 Å². The van der Waals surface area contributed by atoms with Crippen LogP contribution in [0.15, 0.2) is 24.3 Å². The first-order valence-electron chi connectivity index (χ1n) is 6.39. The number of benzene rings is 1. The lowest BCUT2D eigenvalue weighted by atomic mass is 10.1. The van der Waals surface area contributed by atoms with E-state index in [2.05, 4.69) is 10.6 Å². The average Bonchev–Trinajstić information content (AvgIpc) is 2.29. The van der Waals surface area contributed by atoms with Crippen molar-refractivity contribution in [3.63, 3.8) is 0 Å². The Morgan fingerprint density at radius 1 is 1.20 bits per heavy atom. The summed E-state index contributed by atoms with van der Waals surface area (Å²) in [6.45, 7) is 5.84. The second kappa shape index (κ2) is 6.37. The van der Waals surface area contributed by atoms with Crippen molar-refractivity contribution >= 4 is 21.4 Å². The zero-order valence-electron chi connectivity index (χ0n) is 12.4. The lowest BCUT2D eigenvalue weighted by molar-refractivity contribution is -0.114. The first-order chi connectivity index (χ1) is 9.12. The molecule has 0 saturated heterocycles. The van der Waals surface area contributed by atoms with Crippen molar-refractivity contribution in [2.75, 3.05) is 18.1 Å². The van der Waals surface area contributed by atoms with E-state index in [0.717, 1.165) is 11.3 Å². The van der Waals surface area contributed by atoms with Crippen molar-refractivity contribution in [2.45, 2.75) is 32.1 Å². The highest BCUT2D eigenvalue weighted by Gasteiger charge is 2.29. The highest BCUT2D eigenvalue weighted by Crippen LogP contribution is 2.14. The topological polar surface area (TPSA) is 75.3 Å². The van der Waals surface area contributed by atoms with Crippen molar-refractivity contribution < 1.29 is 13.2 Å². The van der Waals surface area contributed by atoms with Gasteiger partial charge < -0.3 is 10.6 Å². The molecule has 5 nitrogen and oxygen atoms in total. The maximum Gasteiger partial charge on any atom is 0.221 e. The smallest absolute Gasteiger partial charge is 0.221 e. The molecule has 0 spiro atoms. The number of hydrogen-bond donors (Lipinski definition) is 2.